The van der Waals surface area contributed by atoms with E-state index < -0.39 is 0 Å². The van der Waals surface area contributed by atoms with Gasteiger partial charge < -0.3 is 15.4 Å². The van der Waals surface area contributed by atoms with Gasteiger partial charge in [-0.15, -0.1) is 35.3 Å². The molecule has 0 amide bonds. The van der Waals surface area contributed by atoms with Crippen molar-refractivity contribution in [1.82, 2.24) is 15.5 Å². The molecule has 0 radical (unpaired) electrons. The molecule has 1 aromatic carbocycles. The van der Waals surface area contributed by atoms with E-state index >= 15 is 0 Å². The van der Waals surface area contributed by atoms with Gasteiger partial charge in [0.2, 0.25) is 0 Å². The van der Waals surface area contributed by atoms with E-state index in [2.05, 4.69) is 38.0 Å². The fraction of sp³-hybridized carbons (Fsp3) is 0.476. The van der Waals surface area contributed by atoms with Gasteiger partial charge in [0.05, 0.1) is 19.3 Å². The Kier molecular flexibility index (Phi) is 8.28. The topological polar surface area (TPSA) is 48.9 Å². The molecular weight excluding hydrogens is 502 g/mol. The van der Waals surface area contributed by atoms with Gasteiger partial charge in [0.1, 0.15) is 5.82 Å². The van der Waals surface area contributed by atoms with Crippen LogP contribution in [0.3, 0.4) is 0 Å². The van der Waals surface area contributed by atoms with E-state index in [4.69, 9.17) is 4.74 Å². The molecule has 0 spiro atoms. The highest BCUT2D eigenvalue weighted by Gasteiger charge is 2.40. The lowest BCUT2D eigenvalue weighted by Gasteiger charge is -2.34. The molecule has 2 N–H and O–H groups in total. The molecule has 1 aromatic heterocycles. The van der Waals surface area contributed by atoms with Gasteiger partial charge in [0, 0.05) is 43.5 Å². The molecule has 0 bridgehead atoms. The third kappa shape index (κ3) is 5.68. The number of hydrogen-bond donors (Lipinski definition) is 2. The van der Waals surface area contributed by atoms with Crippen molar-refractivity contribution in [2.75, 3.05) is 39.9 Å². The second-order valence-corrected chi connectivity index (χ2v) is 8.23. The fourth-order valence-electron chi connectivity index (χ4n) is 3.82. The zero-order valence-corrected chi connectivity index (χ0v) is 19.7. The Hall–Kier alpha value is -1.23. The first-order chi connectivity index (χ1) is 13.8. The molecule has 1 aliphatic heterocycles. The number of nitrogens with one attached hydrogen (secondary N) is 2. The zero-order chi connectivity index (χ0) is 19.3. The van der Waals surface area contributed by atoms with Crippen LogP contribution in [-0.2, 0) is 4.74 Å². The van der Waals surface area contributed by atoms with Crippen molar-refractivity contribution in [2.45, 2.75) is 24.4 Å². The molecule has 4 rings (SSSR count). The third-order valence-corrected chi connectivity index (χ3v) is 6.44. The number of benzene rings is 1. The number of ether oxygens (including phenoxy) is 1. The summed E-state index contributed by atoms with van der Waals surface area (Å²) in [5.41, 5.74) is 0.792. The Balaban J connectivity index is 0.00000240. The summed E-state index contributed by atoms with van der Waals surface area (Å²) in [4.78, 5) is 8.19. The van der Waals surface area contributed by atoms with E-state index in [1.807, 2.05) is 12.1 Å². The van der Waals surface area contributed by atoms with Gasteiger partial charge in [0.15, 0.2) is 5.96 Å². The summed E-state index contributed by atoms with van der Waals surface area (Å²) in [7, 11) is 1.78. The lowest BCUT2D eigenvalue weighted by molar-refractivity contribution is 0.0177. The molecule has 1 saturated carbocycles. The fourth-order valence-corrected chi connectivity index (χ4v) is 4.68. The van der Waals surface area contributed by atoms with Crippen molar-refractivity contribution in [3.05, 3.63) is 58.0 Å². The highest BCUT2D eigenvalue weighted by Crippen LogP contribution is 2.41. The molecule has 2 aliphatic rings. The van der Waals surface area contributed by atoms with E-state index in [0.29, 0.717) is 6.04 Å². The van der Waals surface area contributed by atoms with Crippen LogP contribution in [0.15, 0.2) is 46.8 Å². The van der Waals surface area contributed by atoms with Gasteiger partial charge in [-0.25, -0.2) is 4.39 Å². The summed E-state index contributed by atoms with van der Waals surface area (Å²) in [6.45, 7) is 4.21. The van der Waals surface area contributed by atoms with Crippen LogP contribution < -0.4 is 10.6 Å². The minimum absolute atomic E-state index is 0. The molecule has 2 aromatic rings. The maximum atomic E-state index is 14.0. The first kappa shape index (κ1) is 22.5. The van der Waals surface area contributed by atoms with E-state index in [1.165, 1.54) is 10.9 Å². The summed E-state index contributed by atoms with van der Waals surface area (Å²) in [6.07, 6.45) is 0.930. The third-order valence-electron chi connectivity index (χ3n) is 5.46. The quantitative estimate of drug-likeness (QED) is 0.341. The Bertz CT molecular complexity index is 798. The van der Waals surface area contributed by atoms with E-state index in [1.54, 1.807) is 24.5 Å². The van der Waals surface area contributed by atoms with E-state index in [0.717, 1.165) is 50.8 Å². The largest absolute Gasteiger partial charge is 0.379 e. The molecular formula is C21H28FIN4OS. The normalized spacial score (nSPS) is 23.2. The number of aliphatic imine (C=N–C) groups is 1. The summed E-state index contributed by atoms with van der Waals surface area (Å²) < 4.78 is 19.5. The number of thiophene rings is 1. The van der Waals surface area contributed by atoms with Gasteiger partial charge in [-0.3, -0.25) is 9.89 Å². The molecule has 5 nitrogen and oxygen atoms in total. The number of rotatable bonds is 6. The van der Waals surface area contributed by atoms with E-state index in [9.17, 15) is 4.39 Å². The highest BCUT2D eigenvalue weighted by atomic mass is 127. The van der Waals surface area contributed by atoms with Gasteiger partial charge in [-0.1, -0.05) is 24.3 Å². The molecule has 8 heteroatoms. The van der Waals surface area contributed by atoms with Crippen LogP contribution in [0, 0.1) is 5.82 Å². The molecule has 3 unspecified atom stereocenters. The SMILES string of the molecule is CN=C(NCC(c1cccs1)N1CCOCC1)NC1CC1c1ccccc1F.I. The summed E-state index contributed by atoms with van der Waals surface area (Å²) in [5, 5.41) is 9.06. The molecule has 29 heavy (non-hydrogen) atoms. The number of guanidine groups is 1. The molecule has 1 saturated heterocycles. The average Bonchev–Trinajstić information content (AvgIpc) is 3.27. The smallest absolute Gasteiger partial charge is 0.191 e. The standard InChI is InChI=1S/C21H27FN4OS.HI/c1-23-21(25-18-13-16(18)15-5-2-3-6-17(15)22)24-14-19(20-7-4-12-28-20)26-8-10-27-11-9-26;/h2-7,12,16,18-19H,8-11,13-14H2,1H3,(H2,23,24,25);1H. The number of hydrogen-bond acceptors (Lipinski definition) is 4. The predicted molar refractivity (Wildman–Crippen MR) is 127 cm³/mol. The molecule has 1 aliphatic carbocycles. The minimum atomic E-state index is -0.121. The predicted octanol–water partition coefficient (Wildman–Crippen LogP) is 3.60. The van der Waals surface area contributed by atoms with Gasteiger partial charge in [-0.2, -0.15) is 0 Å². The average molecular weight is 530 g/mol. The molecule has 2 fully saturated rings. The van der Waals surface area contributed by atoms with Crippen molar-refractivity contribution in [1.29, 1.82) is 0 Å². The van der Waals surface area contributed by atoms with Gasteiger partial charge in [-0.05, 0) is 29.5 Å². The van der Waals surface area contributed by atoms with Gasteiger partial charge in [0.25, 0.3) is 0 Å². The Labute approximate surface area is 192 Å². The van der Waals surface area contributed by atoms with Crippen molar-refractivity contribution >= 4 is 41.3 Å². The summed E-state index contributed by atoms with van der Waals surface area (Å²) >= 11 is 1.79. The molecule has 158 valence electrons. The number of halogens is 2. The van der Waals surface area contributed by atoms with Crippen molar-refractivity contribution in [3.63, 3.8) is 0 Å². The van der Waals surface area contributed by atoms with Crippen LogP contribution in [0.25, 0.3) is 0 Å². The minimum Gasteiger partial charge on any atom is -0.379 e. The Morgan fingerprint density at radius 1 is 1.28 bits per heavy atom. The van der Waals surface area contributed by atoms with Crippen LogP contribution >= 0.6 is 35.3 Å². The maximum absolute atomic E-state index is 14.0. The highest BCUT2D eigenvalue weighted by molar-refractivity contribution is 14.0. The van der Waals surface area contributed by atoms with E-state index in [-0.39, 0.29) is 41.8 Å². The van der Waals surface area contributed by atoms with Gasteiger partial charge >= 0.3 is 0 Å². The van der Waals surface area contributed by atoms with Crippen molar-refractivity contribution in [3.8, 4) is 0 Å². The monoisotopic (exact) mass is 530 g/mol. The first-order valence-electron chi connectivity index (χ1n) is 9.83. The Morgan fingerprint density at radius 2 is 2.07 bits per heavy atom. The second kappa shape index (κ2) is 10.7. The zero-order valence-electron chi connectivity index (χ0n) is 16.5. The van der Waals surface area contributed by atoms with Crippen LogP contribution in [0.5, 0.6) is 0 Å². The summed E-state index contributed by atoms with van der Waals surface area (Å²) in [6, 6.07) is 11.9. The van der Waals surface area contributed by atoms with Crippen LogP contribution in [0.1, 0.15) is 28.8 Å². The van der Waals surface area contributed by atoms with Crippen LogP contribution in [0.4, 0.5) is 4.39 Å². The van der Waals surface area contributed by atoms with Crippen LogP contribution in [-0.4, -0.2) is 56.8 Å². The maximum Gasteiger partial charge on any atom is 0.191 e. The number of morpholine rings is 1. The second-order valence-electron chi connectivity index (χ2n) is 7.25. The van der Waals surface area contributed by atoms with Crippen molar-refractivity contribution < 1.29 is 9.13 Å². The molecule has 2 heterocycles. The summed E-state index contributed by atoms with van der Waals surface area (Å²) in [5.74, 6) is 0.871. The lowest BCUT2D eigenvalue weighted by atomic mass is 10.1. The number of nitrogens with zero attached hydrogens (tertiary/aromatic N) is 2. The van der Waals surface area contributed by atoms with Crippen LogP contribution in [0.2, 0.25) is 0 Å². The molecule has 3 atom stereocenters. The van der Waals surface area contributed by atoms with Crippen molar-refractivity contribution in [2.24, 2.45) is 4.99 Å². The lowest BCUT2D eigenvalue weighted by Crippen LogP contribution is -2.46. The Morgan fingerprint density at radius 3 is 2.76 bits per heavy atom. The first-order valence-corrected chi connectivity index (χ1v) is 10.7.